The van der Waals surface area contributed by atoms with E-state index in [9.17, 15) is 0 Å². The second-order valence-corrected chi connectivity index (χ2v) is 22.3. The first kappa shape index (κ1) is 53.3. The van der Waals surface area contributed by atoms with Gasteiger partial charge in [-0.15, -0.1) is 0 Å². The summed E-state index contributed by atoms with van der Waals surface area (Å²) in [5.74, 6) is 1.12. The van der Waals surface area contributed by atoms with Gasteiger partial charge < -0.3 is 0 Å². The third-order valence-electron chi connectivity index (χ3n) is 16.8. The summed E-state index contributed by atoms with van der Waals surface area (Å²) in [7, 11) is 0. The summed E-state index contributed by atoms with van der Waals surface area (Å²) < 4.78 is 0. The van der Waals surface area contributed by atoms with E-state index in [1.165, 1.54) is 25.3 Å². The molecule has 428 valence electrons. The van der Waals surface area contributed by atoms with Crippen molar-refractivity contribution >= 4 is 87.2 Å². The topological polar surface area (TPSA) is 180 Å². The van der Waals surface area contributed by atoms with E-state index in [-0.39, 0.29) is 0 Å². The zero-order chi connectivity index (χ0) is 60.9. The third-order valence-corrected chi connectivity index (χ3v) is 16.8. The predicted octanol–water partition coefficient (Wildman–Crippen LogP) is 17.5. The molecule has 0 bridgehead atoms. The Morgan fingerprint density at radius 1 is 0.207 bits per heavy atom. The summed E-state index contributed by atoms with van der Waals surface area (Å²) in [6, 6.07) is 79.8. The fourth-order valence-electron chi connectivity index (χ4n) is 12.2. The highest BCUT2D eigenvalue weighted by atomic mass is 15.0. The van der Waals surface area contributed by atoms with Gasteiger partial charge in [0.2, 0.25) is 0 Å². The van der Waals surface area contributed by atoms with Crippen LogP contribution in [0.3, 0.4) is 0 Å². The van der Waals surface area contributed by atoms with Crippen LogP contribution in [0.25, 0.3) is 177 Å². The molecule has 10 aromatic heterocycles. The number of hydrogen-bond donors (Lipinski definition) is 0. The number of hydrogen-bond acceptors (Lipinski definition) is 14. The van der Waals surface area contributed by atoms with Gasteiger partial charge in [-0.2, -0.15) is 0 Å². The Morgan fingerprint density at radius 2 is 0.565 bits per heavy atom. The van der Waals surface area contributed by atoms with Gasteiger partial charge in [0.1, 0.15) is 36.7 Å². The Balaban J connectivity index is 0.000000141. The molecule has 0 radical (unpaired) electrons. The molecule has 0 saturated carbocycles. The van der Waals surface area contributed by atoms with E-state index in [1.54, 1.807) is 0 Å². The molecule has 14 nitrogen and oxygen atoms in total. The van der Waals surface area contributed by atoms with Crippen molar-refractivity contribution < 1.29 is 0 Å². The van der Waals surface area contributed by atoms with Gasteiger partial charge >= 0.3 is 0 Å². The monoisotopic (exact) mass is 1180 g/mol. The largest absolute Gasteiger partial charge is 0.254 e. The summed E-state index contributed by atoms with van der Waals surface area (Å²) in [6.45, 7) is 0. The quantitative estimate of drug-likeness (QED) is 0.131. The van der Waals surface area contributed by atoms with E-state index >= 15 is 0 Å². The number of nitrogens with zero attached hydrogens (tertiary/aromatic N) is 14. The van der Waals surface area contributed by atoms with Gasteiger partial charge in [-0.3, -0.25) is 19.9 Å². The maximum atomic E-state index is 5.02. The number of pyridine rings is 8. The van der Waals surface area contributed by atoms with Crippen LogP contribution >= 0.6 is 0 Å². The SMILES string of the molecule is c1cnc2c(c1)cc(-c1ccc(-c3ccc4cc(-c5ccc6nc(-c7ncncn7)ccc6c5)ccc4n3)cc1)c1cccnc12.c1cnc2c(c1)ccc1c(-c3ccc(-c4ccc5cc(-c6ccc7nc(-c8ncncn8)ccc7c6)ccc5n4)cc3)ccnc12. The lowest BCUT2D eigenvalue weighted by Gasteiger charge is -2.11. The van der Waals surface area contributed by atoms with Crippen LogP contribution in [0, 0.1) is 0 Å². The van der Waals surface area contributed by atoms with Crippen LogP contribution in [-0.4, -0.2) is 69.8 Å². The van der Waals surface area contributed by atoms with Crippen LogP contribution < -0.4 is 0 Å². The highest BCUT2D eigenvalue weighted by molar-refractivity contribution is 6.11. The summed E-state index contributed by atoms with van der Waals surface area (Å²) in [4.78, 5) is 62.7. The normalized spacial score (nSPS) is 11.5. The molecule has 0 aliphatic rings. The second kappa shape index (κ2) is 22.6. The zero-order valence-electron chi connectivity index (χ0n) is 48.8. The van der Waals surface area contributed by atoms with Crippen LogP contribution in [0.2, 0.25) is 0 Å². The first-order chi connectivity index (χ1) is 45.5. The Hall–Kier alpha value is -12.9. The number of rotatable bonds is 8. The number of fused-ring (bicyclic) bond motifs is 10. The fourth-order valence-corrected chi connectivity index (χ4v) is 12.2. The number of benzene rings is 8. The van der Waals surface area contributed by atoms with Gasteiger partial charge in [0.15, 0.2) is 11.6 Å². The minimum absolute atomic E-state index is 0.562. The van der Waals surface area contributed by atoms with Crippen LogP contribution in [-0.2, 0) is 0 Å². The molecule has 0 unspecified atom stereocenters. The number of aromatic nitrogens is 14. The fraction of sp³-hybridized carbons (Fsp3) is 0. The van der Waals surface area contributed by atoms with Gasteiger partial charge in [-0.25, -0.2) is 49.8 Å². The Kier molecular flexibility index (Phi) is 13.1. The summed E-state index contributed by atoms with van der Waals surface area (Å²) >= 11 is 0. The van der Waals surface area contributed by atoms with Gasteiger partial charge in [-0.05, 0) is 148 Å². The van der Waals surface area contributed by atoms with Crippen molar-refractivity contribution in [1.29, 1.82) is 0 Å². The second-order valence-electron chi connectivity index (χ2n) is 22.3. The van der Waals surface area contributed by atoms with Crippen molar-refractivity contribution in [3.05, 3.63) is 281 Å². The molecule has 14 heteroatoms. The summed E-state index contributed by atoms with van der Waals surface area (Å²) in [5, 5.41) is 8.63. The molecule has 0 aliphatic heterocycles. The van der Waals surface area contributed by atoms with E-state index < -0.39 is 0 Å². The summed E-state index contributed by atoms with van der Waals surface area (Å²) in [5.41, 5.74) is 21.9. The molecule has 0 fully saturated rings. The molecule has 18 rings (SSSR count). The van der Waals surface area contributed by atoms with E-state index in [0.717, 1.165) is 166 Å². The van der Waals surface area contributed by atoms with E-state index in [0.29, 0.717) is 11.6 Å². The molecule has 0 amide bonds. The molecule has 10 heterocycles. The zero-order valence-corrected chi connectivity index (χ0v) is 48.8. The molecule has 0 saturated heterocycles. The standard InChI is InChI=1S/2C39H23N7/c1-3-30-21-32(31-4-2-18-42-38(31)37(30)41-17-1)24-5-7-25(8-6-24)33-15-11-28-19-26(9-13-34(28)45-33)27-10-14-35-29(20-27)12-16-36(46-35)39-43-22-40-23-44-39;1-2-26-7-12-32-31(17-19-42-38(32)37(26)41-18-1)24-3-5-25(6-4-24)33-15-10-29-20-27(8-13-34(29)45-33)28-9-14-35-30(21-28)11-16-36(46-35)39-43-22-40-23-44-39/h2*1-23H. The predicted molar refractivity (Wildman–Crippen MR) is 366 cm³/mol. The van der Waals surface area contributed by atoms with Crippen molar-refractivity contribution in [2.45, 2.75) is 0 Å². The van der Waals surface area contributed by atoms with E-state index in [2.05, 4.69) is 238 Å². The highest BCUT2D eigenvalue weighted by Crippen LogP contribution is 2.37. The molecule has 8 aromatic carbocycles. The third kappa shape index (κ3) is 10.0. The van der Waals surface area contributed by atoms with Crippen molar-refractivity contribution in [1.82, 2.24) is 69.8 Å². The molecular weight excluding hydrogens is 1130 g/mol. The van der Waals surface area contributed by atoms with Gasteiger partial charge in [0.25, 0.3) is 0 Å². The lowest BCUT2D eigenvalue weighted by atomic mass is 9.96. The average molecular weight is 1180 g/mol. The Morgan fingerprint density at radius 3 is 1.05 bits per heavy atom. The molecule has 18 aromatic rings. The van der Waals surface area contributed by atoms with E-state index in [1.807, 2.05) is 67.3 Å². The highest BCUT2D eigenvalue weighted by Gasteiger charge is 2.15. The van der Waals surface area contributed by atoms with E-state index in [4.69, 9.17) is 19.9 Å². The first-order valence-corrected chi connectivity index (χ1v) is 29.9. The molecule has 0 aliphatic carbocycles. The maximum absolute atomic E-state index is 5.02. The van der Waals surface area contributed by atoms with Crippen LogP contribution in [0.15, 0.2) is 281 Å². The smallest absolute Gasteiger partial charge is 0.181 e. The molecule has 0 spiro atoms. The molecular formula is C78H46N14. The minimum atomic E-state index is 0.562. The maximum Gasteiger partial charge on any atom is 0.181 e. The van der Waals surface area contributed by atoms with Gasteiger partial charge in [0, 0.05) is 79.0 Å². The van der Waals surface area contributed by atoms with Crippen molar-refractivity contribution in [2.24, 2.45) is 0 Å². The Bertz CT molecular complexity index is 5870. The van der Waals surface area contributed by atoms with Crippen molar-refractivity contribution in [2.75, 3.05) is 0 Å². The van der Waals surface area contributed by atoms with Crippen molar-refractivity contribution in [3.63, 3.8) is 0 Å². The van der Waals surface area contributed by atoms with Crippen molar-refractivity contribution in [3.8, 4) is 90.1 Å². The lowest BCUT2D eigenvalue weighted by Crippen LogP contribution is -1.92. The van der Waals surface area contributed by atoms with Gasteiger partial charge in [-0.1, -0.05) is 127 Å². The lowest BCUT2D eigenvalue weighted by molar-refractivity contribution is 1.04. The summed E-state index contributed by atoms with van der Waals surface area (Å²) in [6.07, 6.45) is 13.3. The Labute approximate surface area is 524 Å². The average Bonchev–Trinajstić information content (AvgIpc) is 0.931. The first-order valence-electron chi connectivity index (χ1n) is 29.9. The minimum Gasteiger partial charge on any atom is -0.254 e. The van der Waals surface area contributed by atoms with Crippen LogP contribution in [0.4, 0.5) is 0 Å². The van der Waals surface area contributed by atoms with Crippen LogP contribution in [0.5, 0.6) is 0 Å². The molecule has 92 heavy (non-hydrogen) atoms. The molecule has 0 atom stereocenters. The van der Waals surface area contributed by atoms with Crippen LogP contribution in [0.1, 0.15) is 0 Å². The molecule has 0 N–H and O–H groups in total. The van der Waals surface area contributed by atoms with Gasteiger partial charge in [0.05, 0.1) is 55.5 Å².